The van der Waals surface area contributed by atoms with Crippen molar-refractivity contribution in [2.24, 2.45) is 5.73 Å². The number of rotatable bonds is 2. The molecular weight excluding hydrogens is 355 g/mol. The number of halogens is 4. The van der Waals surface area contributed by atoms with Crippen molar-refractivity contribution in [3.05, 3.63) is 52.8 Å². The zero-order valence-electron chi connectivity index (χ0n) is 11.3. The molecule has 1 atom stereocenters. The molecule has 122 valence electrons. The second kappa shape index (κ2) is 5.12. The lowest BCUT2D eigenvalue weighted by Crippen LogP contribution is -2.33. The van der Waals surface area contributed by atoms with Crippen LogP contribution in [0.4, 0.5) is 13.2 Å². The Morgan fingerprint density at radius 1 is 1.13 bits per heavy atom. The van der Waals surface area contributed by atoms with Crippen molar-refractivity contribution in [2.45, 2.75) is 16.2 Å². The molecule has 9 heteroatoms. The number of alkyl halides is 2. The molecule has 0 aliphatic carbocycles. The third-order valence-corrected chi connectivity index (χ3v) is 5.54. The van der Waals surface area contributed by atoms with Crippen molar-refractivity contribution in [1.29, 1.82) is 0 Å². The first kappa shape index (κ1) is 16.1. The summed E-state index contributed by atoms with van der Waals surface area (Å²) in [6, 6.07) is 4.71. The number of sulfone groups is 1. The van der Waals surface area contributed by atoms with Crippen LogP contribution in [-0.4, -0.2) is 13.7 Å². The Balaban J connectivity index is 2.02. The lowest BCUT2D eigenvalue weighted by molar-refractivity contribution is 0.0683. The summed E-state index contributed by atoms with van der Waals surface area (Å²) in [6.07, 6.45) is 0. The molecule has 0 fully saturated rings. The van der Waals surface area contributed by atoms with Crippen molar-refractivity contribution >= 4 is 21.4 Å². The summed E-state index contributed by atoms with van der Waals surface area (Å²) in [5, 5.41) is -4.00. The Hall–Kier alpha value is -1.77. The first-order valence-corrected chi connectivity index (χ1v) is 8.15. The van der Waals surface area contributed by atoms with Crippen molar-refractivity contribution in [2.75, 3.05) is 0 Å². The average Bonchev–Trinajstić information content (AvgIpc) is 2.56. The minimum absolute atomic E-state index is 0.0359. The lowest BCUT2D eigenvalue weighted by atomic mass is 10.1. The number of benzene rings is 2. The van der Waals surface area contributed by atoms with Gasteiger partial charge in [-0.05, 0) is 35.9 Å². The molecular formula is C14H9ClF3NO3S. The summed E-state index contributed by atoms with van der Waals surface area (Å²) in [7, 11) is -4.83. The highest BCUT2D eigenvalue weighted by Crippen LogP contribution is 2.48. The summed E-state index contributed by atoms with van der Waals surface area (Å²) >= 11 is 5.69. The molecule has 0 saturated carbocycles. The summed E-state index contributed by atoms with van der Waals surface area (Å²) in [6.45, 7) is 0. The zero-order valence-corrected chi connectivity index (χ0v) is 12.8. The summed E-state index contributed by atoms with van der Waals surface area (Å²) in [5.74, 6) is -0.565. The standard InChI is InChI=1S/C14H9ClF3NO3S/c15-7-3-8(16)5-10(4-7)22-9-1-2-12-11(6-9)13(19)14(17,18)23(12,20)21/h1-6,13H,19H2. The number of ether oxygens (including phenoxy) is 1. The van der Waals surface area contributed by atoms with Gasteiger partial charge in [-0.2, -0.15) is 8.78 Å². The topological polar surface area (TPSA) is 69.4 Å². The van der Waals surface area contributed by atoms with Crippen LogP contribution in [0.3, 0.4) is 0 Å². The minimum Gasteiger partial charge on any atom is -0.457 e. The molecule has 1 heterocycles. The number of hydrogen-bond donors (Lipinski definition) is 1. The molecule has 2 aromatic rings. The lowest BCUT2D eigenvalue weighted by Gasteiger charge is -2.13. The number of hydrogen-bond acceptors (Lipinski definition) is 4. The normalized spacial score (nSPS) is 21.0. The fourth-order valence-corrected chi connectivity index (χ4v) is 4.01. The smallest absolute Gasteiger partial charge is 0.368 e. The Morgan fingerprint density at radius 2 is 1.83 bits per heavy atom. The van der Waals surface area contributed by atoms with Crippen LogP contribution in [0, 0.1) is 5.82 Å². The van der Waals surface area contributed by atoms with Gasteiger partial charge in [-0.3, -0.25) is 0 Å². The van der Waals surface area contributed by atoms with E-state index in [1.54, 1.807) is 0 Å². The first-order chi connectivity index (χ1) is 10.6. The van der Waals surface area contributed by atoms with Gasteiger partial charge in [-0.15, -0.1) is 0 Å². The van der Waals surface area contributed by atoms with E-state index >= 15 is 0 Å². The van der Waals surface area contributed by atoms with Gasteiger partial charge in [-0.25, -0.2) is 12.8 Å². The Morgan fingerprint density at radius 3 is 2.48 bits per heavy atom. The highest BCUT2D eigenvalue weighted by Gasteiger charge is 2.59. The molecule has 3 rings (SSSR count). The Labute approximate surface area is 134 Å². The molecule has 0 saturated heterocycles. The van der Waals surface area contributed by atoms with Gasteiger partial charge in [0.25, 0.3) is 0 Å². The third-order valence-electron chi connectivity index (χ3n) is 3.40. The molecule has 1 aliphatic rings. The molecule has 0 bridgehead atoms. The predicted molar refractivity (Wildman–Crippen MR) is 77.0 cm³/mol. The maximum absolute atomic E-state index is 13.8. The van der Waals surface area contributed by atoms with Crippen molar-refractivity contribution in [1.82, 2.24) is 0 Å². The molecule has 0 spiro atoms. The average molecular weight is 364 g/mol. The van der Waals surface area contributed by atoms with Crippen molar-refractivity contribution < 1.29 is 26.3 Å². The van der Waals surface area contributed by atoms with Gasteiger partial charge in [-0.1, -0.05) is 11.6 Å². The van der Waals surface area contributed by atoms with Gasteiger partial charge in [0, 0.05) is 11.1 Å². The molecule has 0 amide bonds. The van der Waals surface area contributed by atoms with Gasteiger partial charge in [0.1, 0.15) is 23.4 Å². The molecule has 0 radical (unpaired) electrons. The minimum atomic E-state index is -4.83. The van der Waals surface area contributed by atoms with Crippen LogP contribution in [0.25, 0.3) is 0 Å². The molecule has 2 N–H and O–H groups in total. The van der Waals surface area contributed by atoms with E-state index in [-0.39, 0.29) is 22.1 Å². The summed E-state index contributed by atoms with van der Waals surface area (Å²) in [4.78, 5) is -0.542. The van der Waals surface area contributed by atoms with Crippen LogP contribution in [0.1, 0.15) is 11.6 Å². The molecule has 23 heavy (non-hydrogen) atoms. The second-order valence-electron chi connectivity index (χ2n) is 4.95. The van der Waals surface area contributed by atoms with Gasteiger partial charge in [0.2, 0.25) is 9.84 Å². The quantitative estimate of drug-likeness (QED) is 0.884. The monoisotopic (exact) mass is 363 g/mol. The number of fused-ring (bicyclic) bond motifs is 1. The SMILES string of the molecule is NC1c2cc(Oc3cc(F)cc(Cl)c3)ccc2S(=O)(=O)C1(F)F. The maximum atomic E-state index is 13.8. The molecule has 1 aliphatic heterocycles. The van der Waals surface area contributed by atoms with Crippen LogP contribution >= 0.6 is 11.6 Å². The van der Waals surface area contributed by atoms with Gasteiger partial charge >= 0.3 is 5.25 Å². The van der Waals surface area contributed by atoms with E-state index in [0.717, 1.165) is 24.3 Å². The van der Waals surface area contributed by atoms with Crippen LogP contribution < -0.4 is 10.5 Å². The second-order valence-corrected chi connectivity index (χ2v) is 7.38. The van der Waals surface area contributed by atoms with E-state index in [1.807, 2.05) is 0 Å². The highest BCUT2D eigenvalue weighted by atomic mass is 35.5. The maximum Gasteiger partial charge on any atom is 0.368 e. The first-order valence-electron chi connectivity index (χ1n) is 6.29. The fourth-order valence-electron chi connectivity index (χ4n) is 2.30. The molecule has 2 aromatic carbocycles. The summed E-state index contributed by atoms with van der Waals surface area (Å²) < 4.78 is 69.6. The largest absolute Gasteiger partial charge is 0.457 e. The van der Waals surface area contributed by atoms with Crippen molar-refractivity contribution in [3.8, 4) is 11.5 Å². The highest BCUT2D eigenvalue weighted by molar-refractivity contribution is 7.92. The van der Waals surface area contributed by atoms with E-state index in [0.29, 0.717) is 0 Å². The van der Waals surface area contributed by atoms with E-state index in [1.165, 1.54) is 12.1 Å². The molecule has 0 aromatic heterocycles. The van der Waals surface area contributed by atoms with Crippen molar-refractivity contribution in [3.63, 3.8) is 0 Å². The van der Waals surface area contributed by atoms with Crippen LogP contribution in [0.2, 0.25) is 5.02 Å². The van der Waals surface area contributed by atoms with E-state index in [9.17, 15) is 21.6 Å². The molecule has 4 nitrogen and oxygen atoms in total. The van der Waals surface area contributed by atoms with Crippen LogP contribution in [-0.2, 0) is 9.84 Å². The van der Waals surface area contributed by atoms with E-state index in [4.69, 9.17) is 22.1 Å². The van der Waals surface area contributed by atoms with Gasteiger partial charge < -0.3 is 10.5 Å². The van der Waals surface area contributed by atoms with Gasteiger partial charge in [0.15, 0.2) is 0 Å². The van der Waals surface area contributed by atoms with E-state index < -0.39 is 31.8 Å². The summed E-state index contributed by atoms with van der Waals surface area (Å²) in [5.41, 5.74) is 5.09. The molecule has 1 unspecified atom stereocenters. The third kappa shape index (κ3) is 2.46. The Bertz CT molecular complexity index is 882. The zero-order chi connectivity index (χ0) is 17.0. The number of nitrogens with two attached hydrogens (primary N) is 1. The van der Waals surface area contributed by atoms with Crippen LogP contribution in [0.15, 0.2) is 41.3 Å². The Kier molecular flexibility index (Phi) is 3.58. The van der Waals surface area contributed by atoms with Gasteiger partial charge in [0.05, 0.1) is 4.90 Å². The van der Waals surface area contributed by atoms with Crippen LogP contribution in [0.5, 0.6) is 11.5 Å². The predicted octanol–water partition coefficient (Wildman–Crippen LogP) is 3.65. The van der Waals surface area contributed by atoms with E-state index in [2.05, 4.69) is 0 Å². The fraction of sp³-hybridized carbons (Fsp3) is 0.143.